The molecule has 1 fully saturated rings. The van der Waals surface area contributed by atoms with Crippen molar-refractivity contribution in [3.63, 3.8) is 0 Å². The van der Waals surface area contributed by atoms with Crippen LogP contribution in [0.25, 0.3) is 0 Å². The van der Waals surface area contributed by atoms with Gasteiger partial charge in [0.15, 0.2) is 0 Å². The second-order valence-electron chi connectivity index (χ2n) is 9.01. The molecule has 174 valence electrons. The quantitative estimate of drug-likeness (QED) is 0.439. The molecular formula is C27H39N3O2. The van der Waals surface area contributed by atoms with E-state index in [0.29, 0.717) is 24.9 Å². The van der Waals surface area contributed by atoms with Crippen molar-refractivity contribution in [2.24, 2.45) is 5.92 Å². The fourth-order valence-electron chi connectivity index (χ4n) is 4.22. The van der Waals surface area contributed by atoms with E-state index in [2.05, 4.69) is 41.9 Å². The van der Waals surface area contributed by atoms with Crippen LogP contribution >= 0.6 is 0 Å². The molecule has 2 aromatic rings. The number of benzene rings is 2. The van der Waals surface area contributed by atoms with Gasteiger partial charge in [0, 0.05) is 19.1 Å². The molecule has 5 heteroatoms. The van der Waals surface area contributed by atoms with Gasteiger partial charge < -0.3 is 20.7 Å². The molecule has 1 unspecified atom stereocenters. The number of ether oxygens (including phenoxy) is 1. The number of hydrogen-bond acceptors (Lipinski definition) is 4. The van der Waals surface area contributed by atoms with E-state index >= 15 is 0 Å². The lowest BCUT2D eigenvalue weighted by Crippen LogP contribution is -2.40. The third-order valence-corrected chi connectivity index (χ3v) is 6.04. The van der Waals surface area contributed by atoms with Gasteiger partial charge in [-0.1, -0.05) is 62.7 Å². The first-order chi connectivity index (χ1) is 15.6. The Labute approximate surface area is 193 Å². The van der Waals surface area contributed by atoms with Crippen LogP contribution in [-0.4, -0.2) is 38.2 Å². The van der Waals surface area contributed by atoms with Crippen molar-refractivity contribution < 1.29 is 9.53 Å². The first kappa shape index (κ1) is 24.3. The highest BCUT2D eigenvalue weighted by molar-refractivity contribution is 5.79. The molecule has 1 aliphatic rings. The van der Waals surface area contributed by atoms with E-state index in [9.17, 15) is 4.79 Å². The Hall–Kier alpha value is -2.37. The van der Waals surface area contributed by atoms with Gasteiger partial charge in [-0.3, -0.25) is 4.79 Å². The van der Waals surface area contributed by atoms with Crippen molar-refractivity contribution in [3.05, 3.63) is 65.7 Å². The van der Waals surface area contributed by atoms with Gasteiger partial charge in [0.25, 0.3) is 0 Å². The Morgan fingerprint density at radius 3 is 2.62 bits per heavy atom. The summed E-state index contributed by atoms with van der Waals surface area (Å²) in [6.45, 7) is 7.88. The first-order valence-electron chi connectivity index (χ1n) is 12.1. The summed E-state index contributed by atoms with van der Waals surface area (Å²) >= 11 is 0. The molecule has 32 heavy (non-hydrogen) atoms. The lowest BCUT2D eigenvalue weighted by molar-refractivity contribution is -0.121. The highest BCUT2D eigenvalue weighted by Gasteiger charge is 2.18. The fourth-order valence-corrected chi connectivity index (χ4v) is 4.22. The van der Waals surface area contributed by atoms with E-state index < -0.39 is 0 Å². The first-order valence-corrected chi connectivity index (χ1v) is 12.1. The number of nitrogens with one attached hydrogen (secondary N) is 3. The molecular weight excluding hydrogens is 398 g/mol. The largest absolute Gasteiger partial charge is 0.493 e. The highest BCUT2D eigenvalue weighted by atomic mass is 16.5. The van der Waals surface area contributed by atoms with E-state index in [1.165, 1.54) is 25.7 Å². The number of amides is 1. The molecule has 2 aromatic carbocycles. The molecule has 0 aliphatic carbocycles. The lowest BCUT2D eigenvalue weighted by atomic mass is 10.0. The number of hydrogen-bond donors (Lipinski definition) is 3. The standard InChI is InChI=1S/C27H39N3O2/c1-3-8-21(2)20-32-25-14-12-23(13-15-25)26(19-28-18-24-11-7-16-29-24)30-27(31)17-22-9-5-4-6-10-22/h4-6,9-10,12-15,21,24,26,28-29H,3,7-8,11,16-20H2,1-2H3,(H,30,31)/t21?,24-,26-/m0/s1. The fraction of sp³-hybridized carbons (Fsp3) is 0.519. The molecule has 5 nitrogen and oxygen atoms in total. The van der Waals surface area contributed by atoms with Crippen LogP contribution in [0.2, 0.25) is 0 Å². The van der Waals surface area contributed by atoms with Crippen LogP contribution in [-0.2, 0) is 11.2 Å². The Morgan fingerprint density at radius 1 is 1.16 bits per heavy atom. The van der Waals surface area contributed by atoms with Gasteiger partial charge in [-0.25, -0.2) is 0 Å². The van der Waals surface area contributed by atoms with Gasteiger partial charge in [-0.2, -0.15) is 0 Å². The summed E-state index contributed by atoms with van der Waals surface area (Å²) in [6, 6.07) is 18.5. The van der Waals surface area contributed by atoms with Crippen LogP contribution in [0.4, 0.5) is 0 Å². The molecule has 0 bridgehead atoms. The Kier molecular flexibility index (Phi) is 10.0. The monoisotopic (exact) mass is 437 g/mol. The molecule has 0 spiro atoms. The summed E-state index contributed by atoms with van der Waals surface area (Å²) in [6.07, 6.45) is 5.19. The molecule has 1 saturated heterocycles. The predicted molar refractivity (Wildman–Crippen MR) is 131 cm³/mol. The van der Waals surface area contributed by atoms with Crippen molar-refractivity contribution in [1.82, 2.24) is 16.0 Å². The van der Waals surface area contributed by atoms with Gasteiger partial charge in [0.1, 0.15) is 5.75 Å². The minimum absolute atomic E-state index is 0.0377. The van der Waals surface area contributed by atoms with Crippen molar-refractivity contribution in [2.75, 3.05) is 26.2 Å². The maximum atomic E-state index is 12.7. The summed E-state index contributed by atoms with van der Waals surface area (Å²) in [4.78, 5) is 12.7. The van der Waals surface area contributed by atoms with Crippen LogP contribution in [0, 0.1) is 5.92 Å². The molecule has 1 amide bonds. The van der Waals surface area contributed by atoms with E-state index in [0.717, 1.165) is 36.6 Å². The summed E-state index contributed by atoms with van der Waals surface area (Å²) < 4.78 is 5.95. The minimum Gasteiger partial charge on any atom is -0.493 e. The average Bonchev–Trinajstić information content (AvgIpc) is 3.32. The van der Waals surface area contributed by atoms with Gasteiger partial charge >= 0.3 is 0 Å². The Bertz CT molecular complexity index is 788. The van der Waals surface area contributed by atoms with Crippen LogP contribution in [0.15, 0.2) is 54.6 Å². The summed E-state index contributed by atoms with van der Waals surface area (Å²) in [5.41, 5.74) is 2.11. The van der Waals surface area contributed by atoms with Crippen molar-refractivity contribution in [2.45, 2.75) is 58.0 Å². The SMILES string of the molecule is CCCC(C)COc1ccc([C@H](CNC[C@@H]2CCCN2)NC(=O)Cc2ccccc2)cc1. The molecule has 3 N–H and O–H groups in total. The zero-order chi connectivity index (χ0) is 22.6. The lowest BCUT2D eigenvalue weighted by Gasteiger charge is -2.22. The van der Waals surface area contributed by atoms with Gasteiger partial charge in [-0.05, 0) is 55.0 Å². The van der Waals surface area contributed by atoms with Crippen LogP contribution in [0.5, 0.6) is 5.75 Å². The van der Waals surface area contributed by atoms with Crippen LogP contribution in [0.3, 0.4) is 0 Å². The van der Waals surface area contributed by atoms with Crippen molar-refractivity contribution >= 4 is 5.91 Å². The van der Waals surface area contributed by atoms with E-state index in [-0.39, 0.29) is 11.9 Å². The van der Waals surface area contributed by atoms with Gasteiger partial charge in [0.05, 0.1) is 19.1 Å². The maximum Gasteiger partial charge on any atom is 0.224 e. The van der Waals surface area contributed by atoms with Crippen molar-refractivity contribution in [3.8, 4) is 5.75 Å². The molecule has 0 aromatic heterocycles. The molecule has 3 atom stereocenters. The maximum absolute atomic E-state index is 12.7. The predicted octanol–water partition coefficient (Wildman–Crippen LogP) is 4.24. The van der Waals surface area contributed by atoms with E-state index in [1.807, 2.05) is 42.5 Å². The Morgan fingerprint density at radius 2 is 1.94 bits per heavy atom. The summed E-state index contributed by atoms with van der Waals surface area (Å²) in [5, 5.41) is 10.3. The topological polar surface area (TPSA) is 62.4 Å². The molecule has 1 heterocycles. The molecule has 3 rings (SSSR count). The number of carbonyl (C=O) groups excluding carboxylic acids is 1. The van der Waals surface area contributed by atoms with Crippen LogP contribution < -0.4 is 20.7 Å². The normalized spacial score (nSPS) is 17.6. The number of carbonyl (C=O) groups is 1. The summed E-state index contributed by atoms with van der Waals surface area (Å²) in [5.74, 6) is 1.47. The molecule has 0 saturated carbocycles. The van der Waals surface area contributed by atoms with E-state index in [1.54, 1.807) is 0 Å². The summed E-state index contributed by atoms with van der Waals surface area (Å²) in [7, 11) is 0. The third kappa shape index (κ3) is 8.29. The number of rotatable bonds is 13. The molecule has 0 radical (unpaired) electrons. The Balaban J connectivity index is 1.59. The zero-order valence-corrected chi connectivity index (χ0v) is 19.6. The van der Waals surface area contributed by atoms with E-state index in [4.69, 9.17) is 4.74 Å². The van der Waals surface area contributed by atoms with Gasteiger partial charge in [-0.15, -0.1) is 0 Å². The smallest absolute Gasteiger partial charge is 0.224 e. The highest BCUT2D eigenvalue weighted by Crippen LogP contribution is 2.19. The second kappa shape index (κ2) is 13.2. The molecule has 1 aliphatic heterocycles. The average molecular weight is 438 g/mol. The second-order valence-corrected chi connectivity index (χ2v) is 9.01. The van der Waals surface area contributed by atoms with Gasteiger partial charge in [0.2, 0.25) is 5.91 Å². The van der Waals surface area contributed by atoms with Crippen molar-refractivity contribution in [1.29, 1.82) is 0 Å². The third-order valence-electron chi connectivity index (χ3n) is 6.04. The minimum atomic E-state index is -0.0827. The zero-order valence-electron chi connectivity index (χ0n) is 19.6. The van der Waals surface area contributed by atoms with Crippen LogP contribution in [0.1, 0.15) is 56.7 Å².